The second-order valence-corrected chi connectivity index (χ2v) is 5.32. The summed E-state index contributed by atoms with van der Waals surface area (Å²) in [5.74, 6) is 1.57. The molecule has 0 spiro atoms. The molecule has 2 aliphatic rings. The van der Waals surface area contributed by atoms with Crippen LogP contribution in [0, 0.1) is 5.92 Å². The minimum absolute atomic E-state index is 0.658. The molecule has 2 fully saturated rings. The molecule has 2 saturated heterocycles. The molecule has 0 amide bonds. The number of nitrogens with zero attached hydrogens (tertiary/aromatic N) is 4. The smallest absolute Gasteiger partial charge is 0.225 e. The van der Waals surface area contributed by atoms with Crippen molar-refractivity contribution in [1.29, 1.82) is 0 Å². The van der Waals surface area contributed by atoms with E-state index in [1.54, 1.807) is 0 Å². The Morgan fingerprint density at radius 1 is 1.17 bits per heavy atom. The highest BCUT2D eigenvalue weighted by molar-refractivity contribution is 5.30. The standard InChI is InChI=1S/C13H21N5/c14-8-11-2-3-12-10-18(7-6-17(12)9-11)13-15-4-1-5-16-13/h1,4-5,11-12H,2-3,6-10,14H2/t11-,12+/m0/s1. The highest BCUT2D eigenvalue weighted by atomic mass is 15.3. The Hall–Kier alpha value is -1.20. The monoisotopic (exact) mass is 247 g/mol. The predicted octanol–water partition coefficient (Wildman–Crippen LogP) is 0.336. The molecule has 2 aliphatic heterocycles. The minimum atomic E-state index is 0.658. The van der Waals surface area contributed by atoms with Gasteiger partial charge in [0.25, 0.3) is 0 Å². The SMILES string of the molecule is NC[C@@H]1CC[C@@H]2CN(c3ncccn3)CCN2C1. The number of nitrogens with two attached hydrogens (primary N) is 1. The number of aromatic nitrogens is 2. The molecule has 0 aromatic carbocycles. The van der Waals surface area contributed by atoms with Crippen molar-refractivity contribution in [3.8, 4) is 0 Å². The molecule has 0 bridgehead atoms. The van der Waals surface area contributed by atoms with Crippen molar-refractivity contribution < 1.29 is 0 Å². The van der Waals surface area contributed by atoms with Crippen molar-refractivity contribution in [1.82, 2.24) is 14.9 Å². The van der Waals surface area contributed by atoms with Crippen LogP contribution in [0.15, 0.2) is 18.5 Å². The number of piperazine rings is 1. The zero-order valence-corrected chi connectivity index (χ0v) is 10.7. The normalized spacial score (nSPS) is 29.1. The van der Waals surface area contributed by atoms with Crippen molar-refractivity contribution in [3.05, 3.63) is 18.5 Å². The lowest BCUT2D eigenvalue weighted by atomic mass is 9.91. The van der Waals surface area contributed by atoms with Crippen molar-refractivity contribution in [3.63, 3.8) is 0 Å². The van der Waals surface area contributed by atoms with Crippen LogP contribution < -0.4 is 10.6 Å². The number of rotatable bonds is 2. The molecular weight excluding hydrogens is 226 g/mol. The molecule has 2 N–H and O–H groups in total. The van der Waals surface area contributed by atoms with E-state index in [2.05, 4.69) is 19.8 Å². The Morgan fingerprint density at radius 3 is 2.78 bits per heavy atom. The molecule has 5 nitrogen and oxygen atoms in total. The van der Waals surface area contributed by atoms with Crippen LogP contribution in [-0.2, 0) is 0 Å². The van der Waals surface area contributed by atoms with Gasteiger partial charge in [-0.2, -0.15) is 0 Å². The summed E-state index contributed by atoms with van der Waals surface area (Å²) >= 11 is 0. The zero-order chi connectivity index (χ0) is 12.4. The fraction of sp³-hybridized carbons (Fsp3) is 0.692. The predicted molar refractivity (Wildman–Crippen MR) is 71.4 cm³/mol. The Kier molecular flexibility index (Phi) is 3.43. The maximum Gasteiger partial charge on any atom is 0.225 e. The van der Waals surface area contributed by atoms with Crippen molar-refractivity contribution >= 4 is 5.95 Å². The summed E-state index contributed by atoms with van der Waals surface area (Å²) in [4.78, 5) is 13.6. The maximum absolute atomic E-state index is 5.79. The van der Waals surface area contributed by atoms with E-state index in [1.165, 1.54) is 19.4 Å². The van der Waals surface area contributed by atoms with Gasteiger partial charge in [-0.05, 0) is 31.4 Å². The van der Waals surface area contributed by atoms with Crippen LogP contribution in [0.1, 0.15) is 12.8 Å². The molecule has 18 heavy (non-hydrogen) atoms. The van der Waals surface area contributed by atoms with E-state index in [0.717, 1.165) is 32.1 Å². The summed E-state index contributed by atoms with van der Waals surface area (Å²) < 4.78 is 0. The molecular formula is C13H21N5. The van der Waals surface area contributed by atoms with E-state index in [4.69, 9.17) is 5.73 Å². The van der Waals surface area contributed by atoms with Gasteiger partial charge in [-0.15, -0.1) is 0 Å². The topological polar surface area (TPSA) is 58.3 Å². The zero-order valence-electron chi connectivity index (χ0n) is 10.7. The molecule has 0 aliphatic carbocycles. The average molecular weight is 247 g/mol. The van der Waals surface area contributed by atoms with Crippen LogP contribution in [0.5, 0.6) is 0 Å². The van der Waals surface area contributed by atoms with Gasteiger partial charge >= 0.3 is 0 Å². The number of fused-ring (bicyclic) bond motifs is 1. The van der Waals surface area contributed by atoms with Gasteiger partial charge in [0.15, 0.2) is 0 Å². The number of anilines is 1. The van der Waals surface area contributed by atoms with Crippen LogP contribution in [0.3, 0.4) is 0 Å². The molecule has 2 atom stereocenters. The van der Waals surface area contributed by atoms with E-state index < -0.39 is 0 Å². The first-order chi connectivity index (χ1) is 8.86. The maximum atomic E-state index is 5.79. The molecule has 3 rings (SSSR count). The molecule has 98 valence electrons. The summed E-state index contributed by atoms with van der Waals surface area (Å²) in [6.07, 6.45) is 6.16. The Bertz CT molecular complexity index is 382. The second kappa shape index (κ2) is 5.20. The average Bonchev–Trinajstić information content (AvgIpc) is 2.47. The van der Waals surface area contributed by atoms with Gasteiger partial charge in [-0.1, -0.05) is 0 Å². The first kappa shape index (κ1) is 11.9. The molecule has 0 unspecified atom stereocenters. The van der Waals surface area contributed by atoms with Crippen LogP contribution in [0.25, 0.3) is 0 Å². The molecule has 0 radical (unpaired) electrons. The highest BCUT2D eigenvalue weighted by Gasteiger charge is 2.32. The van der Waals surface area contributed by atoms with Crippen molar-refractivity contribution in [2.75, 3.05) is 37.6 Å². The fourth-order valence-corrected chi connectivity index (χ4v) is 3.09. The number of hydrogen-bond acceptors (Lipinski definition) is 5. The lowest BCUT2D eigenvalue weighted by Crippen LogP contribution is -2.57. The fourth-order valence-electron chi connectivity index (χ4n) is 3.09. The third-order valence-electron chi connectivity index (χ3n) is 4.17. The van der Waals surface area contributed by atoms with Gasteiger partial charge < -0.3 is 10.6 Å². The van der Waals surface area contributed by atoms with E-state index in [9.17, 15) is 0 Å². The van der Waals surface area contributed by atoms with Gasteiger partial charge in [0.2, 0.25) is 5.95 Å². The van der Waals surface area contributed by atoms with Crippen LogP contribution in [-0.4, -0.2) is 53.6 Å². The highest BCUT2D eigenvalue weighted by Crippen LogP contribution is 2.25. The number of hydrogen-bond donors (Lipinski definition) is 1. The van der Waals surface area contributed by atoms with Gasteiger partial charge in [-0.3, -0.25) is 4.90 Å². The van der Waals surface area contributed by atoms with Crippen LogP contribution >= 0.6 is 0 Å². The van der Waals surface area contributed by atoms with Gasteiger partial charge in [0, 0.05) is 44.6 Å². The number of piperidine rings is 1. The first-order valence-corrected chi connectivity index (χ1v) is 6.83. The Labute approximate surface area is 108 Å². The molecule has 1 aromatic rings. The lowest BCUT2D eigenvalue weighted by Gasteiger charge is -2.46. The first-order valence-electron chi connectivity index (χ1n) is 6.83. The third kappa shape index (κ3) is 2.33. The van der Waals surface area contributed by atoms with Crippen molar-refractivity contribution in [2.45, 2.75) is 18.9 Å². The summed E-state index contributed by atoms with van der Waals surface area (Å²) in [6.45, 7) is 5.19. The van der Waals surface area contributed by atoms with E-state index >= 15 is 0 Å². The molecule has 0 saturated carbocycles. The molecule has 3 heterocycles. The third-order valence-corrected chi connectivity index (χ3v) is 4.17. The largest absolute Gasteiger partial charge is 0.338 e. The Morgan fingerprint density at radius 2 is 2.00 bits per heavy atom. The summed E-state index contributed by atoms with van der Waals surface area (Å²) in [6, 6.07) is 2.53. The van der Waals surface area contributed by atoms with Gasteiger partial charge in [0.05, 0.1) is 0 Å². The van der Waals surface area contributed by atoms with Gasteiger partial charge in [-0.25, -0.2) is 9.97 Å². The van der Waals surface area contributed by atoms with E-state index in [0.29, 0.717) is 12.0 Å². The summed E-state index contributed by atoms with van der Waals surface area (Å²) in [5, 5.41) is 0. The van der Waals surface area contributed by atoms with Crippen LogP contribution in [0.4, 0.5) is 5.95 Å². The quantitative estimate of drug-likeness (QED) is 0.816. The Balaban J connectivity index is 1.65. The summed E-state index contributed by atoms with van der Waals surface area (Å²) in [5.41, 5.74) is 5.79. The van der Waals surface area contributed by atoms with Crippen molar-refractivity contribution in [2.24, 2.45) is 11.7 Å². The van der Waals surface area contributed by atoms with E-state index in [1.807, 2.05) is 18.5 Å². The summed E-state index contributed by atoms with van der Waals surface area (Å²) in [7, 11) is 0. The second-order valence-electron chi connectivity index (χ2n) is 5.32. The molecule has 5 heteroatoms. The van der Waals surface area contributed by atoms with Crippen LogP contribution in [0.2, 0.25) is 0 Å². The minimum Gasteiger partial charge on any atom is -0.338 e. The van der Waals surface area contributed by atoms with E-state index in [-0.39, 0.29) is 0 Å². The van der Waals surface area contributed by atoms with Gasteiger partial charge in [0.1, 0.15) is 0 Å². The molecule has 1 aromatic heterocycles. The lowest BCUT2D eigenvalue weighted by molar-refractivity contribution is 0.0979.